The van der Waals surface area contributed by atoms with Crippen molar-refractivity contribution in [3.8, 4) is 85.5 Å². The van der Waals surface area contributed by atoms with Gasteiger partial charge in [0.2, 0.25) is 0 Å². The van der Waals surface area contributed by atoms with Gasteiger partial charge in [-0.3, -0.25) is 0 Å². The lowest BCUT2D eigenvalue weighted by Gasteiger charge is -2.10. The van der Waals surface area contributed by atoms with Gasteiger partial charge in [-0.05, 0) is 41.5 Å². The van der Waals surface area contributed by atoms with Crippen molar-refractivity contribution in [3.63, 3.8) is 0 Å². The molecule has 0 unspecified atom stereocenters. The smallest absolute Gasteiger partial charge is 0.164 e. The monoisotopic (exact) mass is 731 g/mol. The standard InChI is InChI=1S/C49H29N7O/c50-30-37-19-10-11-20-38(37)31-23-25-35(26-24-31)47-51-44(32-13-4-1-5-14-32)53-48(54-47)36-27-28-41-40(29-36)43-39(21-12-22-42(43)57-41)49-55-45(33-15-6-2-7-16-33)52-46(56-49)34-17-8-3-9-18-34/h1-29H. The lowest BCUT2D eigenvalue weighted by atomic mass is 9.99. The third kappa shape index (κ3) is 6.35. The molecule has 0 saturated heterocycles. The van der Waals surface area contributed by atoms with E-state index >= 15 is 0 Å². The Kier molecular flexibility index (Phi) is 8.36. The molecular weight excluding hydrogens is 703 g/mol. The highest BCUT2D eigenvalue weighted by atomic mass is 16.3. The molecule has 0 radical (unpaired) electrons. The molecule has 3 heterocycles. The maximum Gasteiger partial charge on any atom is 0.164 e. The van der Waals surface area contributed by atoms with Crippen LogP contribution >= 0.6 is 0 Å². The van der Waals surface area contributed by atoms with Crippen molar-refractivity contribution in [2.45, 2.75) is 0 Å². The molecule has 10 aromatic rings. The molecular formula is C49H29N7O. The maximum atomic E-state index is 9.69. The lowest BCUT2D eigenvalue weighted by Crippen LogP contribution is -2.00. The fourth-order valence-corrected chi connectivity index (χ4v) is 7.06. The Morgan fingerprint density at radius 3 is 1.35 bits per heavy atom. The first-order chi connectivity index (χ1) is 28.2. The molecule has 0 amide bonds. The second kappa shape index (κ2) is 14.3. The molecule has 57 heavy (non-hydrogen) atoms. The van der Waals surface area contributed by atoms with E-state index in [4.69, 9.17) is 34.3 Å². The number of hydrogen-bond acceptors (Lipinski definition) is 8. The molecule has 0 fully saturated rings. The number of rotatable bonds is 7. The van der Waals surface area contributed by atoms with Crippen LogP contribution in [0.5, 0.6) is 0 Å². The van der Waals surface area contributed by atoms with Crippen molar-refractivity contribution in [2.75, 3.05) is 0 Å². The first kappa shape index (κ1) is 33.4. The SMILES string of the molecule is N#Cc1ccccc1-c1ccc(-c2nc(-c3ccccc3)nc(-c3ccc4oc5cccc(-c6nc(-c7ccccc7)nc(-c7ccccc7)n6)c5c4c3)n2)cc1. The van der Waals surface area contributed by atoms with E-state index in [-0.39, 0.29) is 0 Å². The minimum Gasteiger partial charge on any atom is -0.456 e. The summed E-state index contributed by atoms with van der Waals surface area (Å²) < 4.78 is 6.44. The quantitative estimate of drug-likeness (QED) is 0.159. The largest absolute Gasteiger partial charge is 0.456 e. The van der Waals surface area contributed by atoms with E-state index in [2.05, 4.69) is 12.1 Å². The fraction of sp³-hybridized carbons (Fsp3) is 0. The van der Waals surface area contributed by atoms with Crippen LogP contribution < -0.4 is 0 Å². The molecule has 7 aromatic carbocycles. The Balaban J connectivity index is 1.13. The summed E-state index contributed by atoms with van der Waals surface area (Å²) in [4.78, 5) is 29.9. The molecule has 0 saturated carbocycles. The molecule has 0 spiro atoms. The van der Waals surface area contributed by atoms with Crippen molar-refractivity contribution in [2.24, 2.45) is 0 Å². The van der Waals surface area contributed by atoms with Gasteiger partial charge < -0.3 is 4.42 Å². The lowest BCUT2D eigenvalue weighted by molar-refractivity contribution is 0.669. The number of benzene rings is 7. The van der Waals surface area contributed by atoms with Gasteiger partial charge in [0, 0.05) is 44.2 Å². The summed E-state index contributed by atoms with van der Waals surface area (Å²) in [5.74, 6) is 3.31. The first-order valence-electron chi connectivity index (χ1n) is 18.4. The number of aromatic nitrogens is 6. The number of furan rings is 1. The Labute approximate surface area is 327 Å². The molecule has 0 aliphatic heterocycles. The maximum absolute atomic E-state index is 9.69. The van der Waals surface area contributed by atoms with Gasteiger partial charge >= 0.3 is 0 Å². The molecule has 3 aromatic heterocycles. The van der Waals surface area contributed by atoms with Gasteiger partial charge in [0.1, 0.15) is 11.2 Å². The van der Waals surface area contributed by atoms with Crippen LogP contribution in [-0.2, 0) is 0 Å². The molecule has 0 aliphatic carbocycles. The van der Waals surface area contributed by atoms with Crippen LogP contribution in [0.3, 0.4) is 0 Å². The molecule has 0 N–H and O–H groups in total. The van der Waals surface area contributed by atoms with Crippen molar-refractivity contribution in [1.82, 2.24) is 29.9 Å². The average Bonchev–Trinajstić information content (AvgIpc) is 3.68. The highest BCUT2D eigenvalue weighted by Crippen LogP contribution is 2.38. The molecule has 8 nitrogen and oxygen atoms in total. The summed E-state index contributed by atoms with van der Waals surface area (Å²) in [5, 5.41) is 11.4. The van der Waals surface area contributed by atoms with E-state index in [0.29, 0.717) is 51.7 Å². The number of fused-ring (bicyclic) bond motifs is 3. The van der Waals surface area contributed by atoms with Crippen molar-refractivity contribution < 1.29 is 4.42 Å². The summed E-state index contributed by atoms with van der Waals surface area (Å²) in [5.41, 5.74) is 8.96. The molecule has 0 bridgehead atoms. The minimum absolute atomic E-state index is 0.518. The van der Waals surface area contributed by atoms with Crippen molar-refractivity contribution >= 4 is 21.9 Å². The summed E-state index contributed by atoms with van der Waals surface area (Å²) in [7, 11) is 0. The van der Waals surface area contributed by atoms with Crippen LogP contribution in [0.1, 0.15) is 5.56 Å². The van der Waals surface area contributed by atoms with Gasteiger partial charge in [-0.1, -0.05) is 146 Å². The van der Waals surface area contributed by atoms with E-state index in [1.807, 2.05) is 170 Å². The van der Waals surface area contributed by atoms with Gasteiger partial charge in [-0.25, -0.2) is 29.9 Å². The van der Waals surface area contributed by atoms with E-state index in [0.717, 1.165) is 55.3 Å². The number of nitrogens with zero attached hydrogens (tertiary/aromatic N) is 7. The van der Waals surface area contributed by atoms with Crippen LogP contribution in [0.25, 0.3) is 101 Å². The Bertz CT molecular complexity index is 3060. The summed E-state index contributed by atoms with van der Waals surface area (Å²) >= 11 is 0. The van der Waals surface area contributed by atoms with Crippen LogP contribution in [0.2, 0.25) is 0 Å². The van der Waals surface area contributed by atoms with Crippen molar-refractivity contribution in [3.05, 3.63) is 181 Å². The predicted octanol–water partition coefficient (Wildman–Crippen LogP) is 11.5. The van der Waals surface area contributed by atoms with E-state index in [1.54, 1.807) is 0 Å². The average molecular weight is 732 g/mol. The Hall–Kier alpha value is -8.15. The van der Waals surface area contributed by atoms with Crippen LogP contribution in [0.15, 0.2) is 180 Å². The second-order valence-electron chi connectivity index (χ2n) is 13.4. The van der Waals surface area contributed by atoms with Crippen LogP contribution in [0, 0.1) is 11.3 Å². The Morgan fingerprint density at radius 2 is 0.789 bits per heavy atom. The van der Waals surface area contributed by atoms with Crippen molar-refractivity contribution in [1.29, 1.82) is 5.26 Å². The predicted molar refractivity (Wildman–Crippen MR) is 223 cm³/mol. The van der Waals surface area contributed by atoms with E-state index in [9.17, 15) is 5.26 Å². The second-order valence-corrected chi connectivity index (χ2v) is 13.4. The van der Waals surface area contributed by atoms with Gasteiger partial charge in [0.05, 0.1) is 11.6 Å². The Morgan fingerprint density at radius 1 is 0.351 bits per heavy atom. The fourth-order valence-electron chi connectivity index (χ4n) is 7.06. The zero-order chi connectivity index (χ0) is 38.1. The van der Waals surface area contributed by atoms with Crippen LogP contribution in [-0.4, -0.2) is 29.9 Å². The molecule has 8 heteroatoms. The molecule has 10 rings (SSSR count). The normalized spacial score (nSPS) is 11.1. The molecule has 0 atom stereocenters. The van der Waals surface area contributed by atoms with Gasteiger partial charge in [0.15, 0.2) is 34.9 Å². The zero-order valence-corrected chi connectivity index (χ0v) is 30.3. The topological polar surface area (TPSA) is 114 Å². The van der Waals surface area contributed by atoms with Gasteiger partial charge in [-0.2, -0.15) is 5.26 Å². The third-order valence-corrected chi connectivity index (χ3v) is 9.86. The van der Waals surface area contributed by atoms with E-state index in [1.165, 1.54) is 0 Å². The first-order valence-corrected chi connectivity index (χ1v) is 18.4. The van der Waals surface area contributed by atoms with Gasteiger partial charge in [0.25, 0.3) is 0 Å². The van der Waals surface area contributed by atoms with Gasteiger partial charge in [-0.15, -0.1) is 0 Å². The summed E-state index contributed by atoms with van der Waals surface area (Å²) in [6.07, 6.45) is 0. The van der Waals surface area contributed by atoms with E-state index < -0.39 is 0 Å². The zero-order valence-electron chi connectivity index (χ0n) is 30.3. The summed E-state index contributed by atoms with van der Waals surface area (Å²) in [6, 6.07) is 59.6. The highest BCUT2D eigenvalue weighted by molar-refractivity contribution is 6.12. The summed E-state index contributed by atoms with van der Waals surface area (Å²) in [6.45, 7) is 0. The molecule has 0 aliphatic rings. The third-order valence-electron chi connectivity index (χ3n) is 9.86. The minimum atomic E-state index is 0.518. The number of nitriles is 1. The van der Waals surface area contributed by atoms with Crippen LogP contribution in [0.4, 0.5) is 0 Å². The molecule has 266 valence electrons. The number of hydrogen-bond donors (Lipinski definition) is 0. The highest BCUT2D eigenvalue weighted by Gasteiger charge is 2.20.